The first kappa shape index (κ1) is 17.7. The number of hydrogen-bond acceptors (Lipinski definition) is 3. The van der Waals surface area contributed by atoms with Gasteiger partial charge in [-0.05, 0) is 61.4 Å². The van der Waals surface area contributed by atoms with Gasteiger partial charge in [0.1, 0.15) is 0 Å². The van der Waals surface area contributed by atoms with Gasteiger partial charge in [-0.2, -0.15) is 5.10 Å². The molecule has 0 bridgehead atoms. The van der Waals surface area contributed by atoms with Gasteiger partial charge < -0.3 is 0 Å². The second-order valence-corrected chi connectivity index (χ2v) is 7.64. The number of H-pyrrole nitrogens is 1. The lowest BCUT2D eigenvalue weighted by Gasteiger charge is -2.24. The Morgan fingerprint density at radius 2 is 1.92 bits per heavy atom. The zero-order valence-electron chi connectivity index (χ0n) is 14.0. The molecule has 0 radical (unpaired) electrons. The van der Waals surface area contributed by atoms with Crippen LogP contribution in [0.15, 0.2) is 48.5 Å². The third-order valence-corrected chi connectivity index (χ3v) is 5.76. The molecule has 3 aromatic rings. The van der Waals surface area contributed by atoms with E-state index in [9.17, 15) is 0 Å². The van der Waals surface area contributed by atoms with Crippen molar-refractivity contribution < 1.29 is 0 Å². The zero-order valence-corrected chi connectivity index (χ0v) is 16.4. The molecule has 1 saturated heterocycles. The summed E-state index contributed by atoms with van der Waals surface area (Å²) >= 11 is 17.7. The molecule has 2 heterocycles. The van der Waals surface area contributed by atoms with Crippen molar-refractivity contribution in [1.82, 2.24) is 19.7 Å². The molecule has 4 nitrogen and oxygen atoms in total. The summed E-state index contributed by atoms with van der Waals surface area (Å²) in [5.74, 6) is 0.957. The van der Waals surface area contributed by atoms with Gasteiger partial charge in [-0.1, -0.05) is 47.5 Å². The van der Waals surface area contributed by atoms with Crippen LogP contribution in [0.5, 0.6) is 0 Å². The average molecular weight is 405 g/mol. The van der Waals surface area contributed by atoms with Crippen LogP contribution >= 0.6 is 35.4 Å². The minimum Gasteiger partial charge on any atom is -0.289 e. The quantitative estimate of drug-likeness (QED) is 0.577. The van der Waals surface area contributed by atoms with E-state index >= 15 is 0 Å². The van der Waals surface area contributed by atoms with Gasteiger partial charge in [-0.25, -0.2) is 0 Å². The van der Waals surface area contributed by atoms with Crippen molar-refractivity contribution in [3.8, 4) is 5.69 Å². The predicted octanol–water partition coefficient (Wildman–Crippen LogP) is 5.57. The minimum atomic E-state index is 0.206. The molecular weight excluding hydrogens is 387 g/mol. The summed E-state index contributed by atoms with van der Waals surface area (Å²) in [5, 5.41) is 8.69. The van der Waals surface area contributed by atoms with Gasteiger partial charge in [0.15, 0.2) is 10.6 Å². The van der Waals surface area contributed by atoms with Crippen molar-refractivity contribution in [1.29, 1.82) is 0 Å². The Morgan fingerprint density at radius 3 is 2.69 bits per heavy atom. The molecule has 0 spiro atoms. The van der Waals surface area contributed by atoms with Gasteiger partial charge in [-0.15, -0.1) is 0 Å². The van der Waals surface area contributed by atoms with E-state index in [0.717, 1.165) is 43.0 Å². The van der Waals surface area contributed by atoms with Crippen molar-refractivity contribution in [2.24, 2.45) is 0 Å². The van der Waals surface area contributed by atoms with E-state index in [2.05, 4.69) is 15.1 Å². The molecule has 1 fully saturated rings. The van der Waals surface area contributed by atoms with Crippen LogP contribution in [-0.4, -0.2) is 26.2 Å². The molecule has 4 rings (SSSR count). The Labute approximate surface area is 167 Å². The van der Waals surface area contributed by atoms with Crippen molar-refractivity contribution in [3.63, 3.8) is 0 Å². The third-order valence-electron chi connectivity index (χ3n) is 4.74. The highest BCUT2D eigenvalue weighted by Crippen LogP contribution is 2.34. The van der Waals surface area contributed by atoms with Gasteiger partial charge in [0, 0.05) is 12.2 Å². The van der Waals surface area contributed by atoms with Crippen LogP contribution in [0.4, 0.5) is 0 Å². The minimum absolute atomic E-state index is 0.206. The molecule has 1 aromatic heterocycles. The normalized spacial score (nSPS) is 17.7. The number of benzene rings is 2. The highest BCUT2D eigenvalue weighted by Gasteiger charge is 2.30. The van der Waals surface area contributed by atoms with Gasteiger partial charge in [0.2, 0.25) is 0 Å². The van der Waals surface area contributed by atoms with Crippen molar-refractivity contribution in [2.75, 3.05) is 6.54 Å². The average Bonchev–Trinajstić information content (AvgIpc) is 3.25. The fraction of sp³-hybridized carbons (Fsp3) is 0.263. The largest absolute Gasteiger partial charge is 0.289 e. The third kappa shape index (κ3) is 3.45. The van der Waals surface area contributed by atoms with E-state index < -0.39 is 0 Å². The number of nitrogens with zero attached hydrogens (tertiary/aromatic N) is 3. The van der Waals surface area contributed by atoms with Crippen molar-refractivity contribution in [2.45, 2.75) is 25.4 Å². The molecule has 0 saturated carbocycles. The lowest BCUT2D eigenvalue weighted by atomic mass is 10.1. The van der Waals surface area contributed by atoms with Crippen LogP contribution in [0.3, 0.4) is 0 Å². The summed E-state index contributed by atoms with van der Waals surface area (Å²) in [6.45, 7) is 1.81. The summed E-state index contributed by atoms with van der Waals surface area (Å²) < 4.78 is 2.65. The smallest absolute Gasteiger partial charge is 0.199 e. The predicted molar refractivity (Wildman–Crippen MR) is 108 cm³/mol. The standard InChI is InChI=1S/C19H18Cl2N4S/c20-15-9-8-13(11-16(15)21)12-24-10-4-7-17(24)18-22-23-19(26)25(18)14-5-2-1-3-6-14/h1-3,5-6,8-9,11,17H,4,7,10,12H2,(H,23,26)/t17-/m0/s1. The molecule has 1 aliphatic rings. The van der Waals surface area contributed by atoms with Crippen LogP contribution in [0.25, 0.3) is 5.69 Å². The van der Waals surface area contributed by atoms with Crippen LogP contribution < -0.4 is 0 Å². The summed E-state index contributed by atoms with van der Waals surface area (Å²) in [5.41, 5.74) is 2.18. The van der Waals surface area contributed by atoms with Gasteiger partial charge in [-0.3, -0.25) is 14.6 Å². The topological polar surface area (TPSA) is 36.9 Å². The van der Waals surface area contributed by atoms with E-state index in [4.69, 9.17) is 35.4 Å². The van der Waals surface area contributed by atoms with Gasteiger partial charge in [0.05, 0.1) is 16.1 Å². The van der Waals surface area contributed by atoms with Crippen LogP contribution in [-0.2, 0) is 6.54 Å². The Balaban J connectivity index is 1.65. The fourth-order valence-electron chi connectivity index (χ4n) is 3.54. The molecule has 0 unspecified atom stereocenters. The summed E-state index contributed by atoms with van der Waals surface area (Å²) in [6, 6.07) is 16.1. The Hall–Kier alpha value is -1.66. The zero-order chi connectivity index (χ0) is 18.1. The number of hydrogen-bond donors (Lipinski definition) is 1. The van der Waals surface area contributed by atoms with Crippen molar-refractivity contribution >= 4 is 35.4 Å². The van der Waals surface area contributed by atoms with Crippen molar-refractivity contribution in [3.05, 3.63) is 74.7 Å². The van der Waals surface area contributed by atoms with E-state index in [0.29, 0.717) is 14.8 Å². The van der Waals surface area contributed by atoms with Gasteiger partial charge >= 0.3 is 0 Å². The molecule has 7 heteroatoms. The van der Waals surface area contributed by atoms with E-state index in [1.807, 2.05) is 53.1 Å². The van der Waals surface area contributed by atoms with E-state index in [1.54, 1.807) is 0 Å². The second kappa shape index (κ2) is 7.53. The maximum Gasteiger partial charge on any atom is 0.199 e. The monoisotopic (exact) mass is 404 g/mol. The first-order valence-electron chi connectivity index (χ1n) is 8.54. The first-order valence-corrected chi connectivity index (χ1v) is 9.70. The van der Waals surface area contributed by atoms with E-state index in [-0.39, 0.29) is 6.04 Å². The Bertz CT molecular complexity index is 967. The van der Waals surface area contributed by atoms with Crippen LogP contribution in [0, 0.1) is 4.77 Å². The van der Waals surface area contributed by atoms with E-state index in [1.165, 1.54) is 0 Å². The molecule has 26 heavy (non-hydrogen) atoms. The molecule has 1 aliphatic heterocycles. The number of nitrogens with one attached hydrogen (secondary N) is 1. The first-order chi connectivity index (χ1) is 12.6. The maximum atomic E-state index is 6.18. The molecule has 134 valence electrons. The number of aromatic nitrogens is 3. The summed E-state index contributed by atoms with van der Waals surface area (Å²) in [7, 11) is 0. The molecule has 0 aliphatic carbocycles. The highest BCUT2D eigenvalue weighted by atomic mass is 35.5. The molecule has 2 aromatic carbocycles. The summed E-state index contributed by atoms with van der Waals surface area (Å²) in [6.07, 6.45) is 2.17. The highest BCUT2D eigenvalue weighted by molar-refractivity contribution is 7.71. The van der Waals surface area contributed by atoms with Crippen LogP contribution in [0.2, 0.25) is 10.0 Å². The fourth-order valence-corrected chi connectivity index (χ4v) is 4.10. The number of likely N-dealkylation sites (tertiary alicyclic amines) is 1. The second-order valence-electron chi connectivity index (χ2n) is 6.43. The lowest BCUT2D eigenvalue weighted by molar-refractivity contribution is 0.238. The Morgan fingerprint density at radius 1 is 1.12 bits per heavy atom. The Kier molecular flexibility index (Phi) is 5.14. The maximum absolute atomic E-state index is 6.18. The number of halogens is 2. The van der Waals surface area contributed by atoms with Crippen LogP contribution in [0.1, 0.15) is 30.3 Å². The molecule has 0 amide bonds. The molecule has 1 N–H and O–H groups in total. The SMILES string of the molecule is S=c1[nH]nc([C@@H]2CCCN2Cc2ccc(Cl)c(Cl)c2)n1-c1ccccc1. The number of rotatable bonds is 4. The number of aromatic amines is 1. The number of para-hydroxylation sites is 1. The molecule has 1 atom stereocenters. The summed E-state index contributed by atoms with van der Waals surface area (Å²) in [4.78, 5) is 2.42. The van der Waals surface area contributed by atoms with Gasteiger partial charge in [0.25, 0.3) is 0 Å². The molecular formula is C19H18Cl2N4S. The lowest BCUT2D eigenvalue weighted by Crippen LogP contribution is -2.25.